The van der Waals surface area contributed by atoms with E-state index in [9.17, 15) is 24.3 Å². The van der Waals surface area contributed by atoms with Gasteiger partial charge in [-0.3, -0.25) is 24.0 Å². The van der Waals surface area contributed by atoms with Crippen LogP contribution in [-0.4, -0.2) is 139 Å². The van der Waals surface area contributed by atoms with Crippen LogP contribution in [0.15, 0.2) is 24.8 Å². The standard InChI is InChI=1S/C45H71N7O10/c1-13-34-45(10)38(52(43(57)62-45)18-16-14-15-17-51-24-32(23-49-51)31-21-47-42(46)48-22-31)28(6)35(53)26(4)20-44(9,58-12)39(29(7)36(54)30(8)40(56)60-34)61-41-37(55)33(19-27(5)59-41)50(11)25(2)3/h21-30,33-34,37-39,41,55H,13-20H2,1-12H3,(H2,46,47,48)/t26-,27-,28+,29+,30-,33+,34-,37-,38+,39-,41+,44-,45-/m1/s1. The summed E-state index contributed by atoms with van der Waals surface area (Å²) in [7, 11) is 3.44. The van der Waals surface area contributed by atoms with E-state index in [0.717, 1.165) is 24.0 Å². The molecule has 3 saturated heterocycles. The van der Waals surface area contributed by atoms with Crippen molar-refractivity contribution in [3.05, 3.63) is 24.8 Å². The van der Waals surface area contributed by atoms with Gasteiger partial charge in [-0.2, -0.15) is 5.10 Å². The van der Waals surface area contributed by atoms with Crippen LogP contribution in [0.1, 0.15) is 108 Å². The number of hydrogen-bond donors (Lipinski definition) is 2. The van der Waals surface area contributed by atoms with Crippen molar-refractivity contribution in [1.29, 1.82) is 0 Å². The quantitative estimate of drug-likeness (QED) is 0.153. The van der Waals surface area contributed by atoms with Gasteiger partial charge in [0, 0.05) is 79.8 Å². The highest BCUT2D eigenvalue weighted by atomic mass is 16.7. The first-order chi connectivity index (χ1) is 29.2. The van der Waals surface area contributed by atoms with Gasteiger partial charge < -0.3 is 39.4 Å². The SMILES string of the molecule is CC[C@H]1OC(=O)[C@H](C)C(=O)[C@H](C)[C@@H](O[C@@H]2O[C@H](C)C[C@H](N(C)C(C)C)[C@H]2O)[C@](C)(OC)C[C@@H](C)C(=O)[C@H](C)[C@@H]2N(CCCCCn3cc(-c4cnc(N)nc4)cn3)C(=O)O[C@@]21C. The number of carbonyl (C=O) groups is 4. The number of aryl methyl sites for hydroxylation is 1. The number of esters is 1. The number of rotatable bonds is 13. The average molecular weight is 870 g/mol. The molecule has 5 rings (SSSR count). The van der Waals surface area contributed by atoms with E-state index in [1.807, 2.05) is 52.5 Å². The van der Waals surface area contributed by atoms with E-state index in [4.69, 9.17) is 29.4 Å². The number of ether oxygens (including phenoxy) is 5. The van der Waals surface area contributed by atoms with Gasteiger partial charge in [0.2, 0.25) is 5.95 Å². The number of aromatic nitrogens is 4. The van der Waals surface area contributed by atoms with Crippen LogP contribution >= 0.6 is 0 Å². The minimum atomic E-state index is -1.41. The minimum absolute atomic E-state index is 0.122. The number of nitrogen functional groups attached to an aromatic ring is 1. The fourth-order valence-electron chi connectivity index (χ4n) is 9.84. The topological polar surface area (TPSA) is 211 Å². The van der Waals surface area contributed by atoms with Gasteiger partial charge in [0.05, 0.1) is 30.0 Å². The molecule has 0 aliphatic carbocycles. The summed E-state index contributed by atoms with van der Waals surface area (Å²) in [5.74, 6) is -4.80. The van der Waals surface area contributed by atoms with E-state index in [1.54, 1.807) is 51.2 Å². The Kier molecular flexibility index (Phi) is 16.0. The molecule has 17 nitrogen and oxygen atoms in total. The molecule has 2 aromatic rings. The first kappa shape index (κ1) is 49.0. The first-order valence-electron chi connectivity index (χ1n) is 22.3. The Labute approximate surface area is 366 Å². The van der Waals surface area contributed by atoms with Crippen LogP contribution in [0, 0.1) is 23.7 Å². The molecule has 3 aliphatic heterocycles. The second kappa shape index (κ2) is 20.2. The Bertz CT molecular complexity index is 1860. The molecular weight excluding hydrogens is 799 g/mol. The lowest BCUT2D eigenvalue weighted by atomic mass is 9.73. The van der Waals surface area contributed by atoms with E-state index in [2.05, 4.69) is 20.0 Å². The highest BCUT2D eigenvalue weighted by molar-refractivity contribution is 6.00. The van der Waals surface area contributed by atoms with Crippen LogP contribution in [0.2, 0.25) is 0 Å². The number of cyclic esters (lactones) is 1. The molecule has 346 valence electrons. The number of likely N-dealkylation sites (N-methyl/N-ethyl adjacent to an activating group) is 1. The molecule has 2 aromatic heterocycles. The summed E-state index contributed by atoms with van der Waals surface area (Å²) < 4.78 is 33.3. The van der Waals surface area contributed by atoms with Gasteiger partial charge >= 0.3 is 12.1 Å². The zero-order valence-electron chi connectivity index (χ0n) is 38.8. The van der Waals surface area contributed by atoms with E-state index in [-0.39, 0.29) is 42.8 Å². The molecule has 0 radical (unpaired) electrons. The van der Waals surface area contributed by atoms with Crippen LogP contribution in [-0.2, 0) is 44.6 Å². The maximum absolute atomic E-state index is 14.8. The number of nitrogens with two attached hydrogens (primary N) is 1. The Morgan fingerprint density at radius 1 is 0.968 bits per heavy atom. The van der Waals surface area contributed by atoms with Crippen LogP contribution in [0.3, 0.4) is 0 Å². The van der Waals surface area contributed by atoms with E-state index in [0.29, 0.717) is 25.9 Å². The molecule has 0 unspecified atom stereocenters. The van der Waals surface area contributed by atoms with Gasteiger partial charge in [0.1, 0.15) is 23.9 Å². The van der Waals surface area contributed by atoms with Crippen LogP contribution in [0.25, 0.3) is 11.1 Å². The third kappa shape index (κ3) is 10.3. The molecule has 17 heteroatoms. The molecule has 0 saturated carbocycles. The monoisotopic (exact) mass is 870 g/mol. The molecule has 13 atom stereocenters. The van der Waals surface area contributed by atoms with Crippen molar-refractivity contribution in [2.75, 3.05) is 26.4 Å². The molecule has 1 amide bonds. The summed E-state index contributed by atoms with van der Waals surface area (Å²) in [5.41, 5.74) is 4.62. The summed E-state index contributed by atoms with van der Waals surface area (Å²) in [6.45, 7) is 19.0. The second-order valence-electron chi connectivity index (χ2n) is 18.6. The van der Waals surface area contributed by atoms with Crippen molar-refractivity contribution in [2.45, 2.75) is 174 Å². The third-order valence-corrected chi connectivity index (χ3v) is 13.8. The Morgan fingerprint density at radius 2 is 1.63 bits per heavy atom. The Balaban J connectivity index is 1.40. The average Bonchev–Trinajstić information content (AvgIpc) is 3.81. The number of fused-ring (bicyclic) bond motifs is 1. The molecule has 0 aromatic carbocycles. The summed E-state index contributed by atoms with van der Waals surface area (Å²) in [6.07, 6.45) is 4.95. The van der Waals surface area contributed by atoms with Gasteiger partial charge in [-0.25, -0.2) is 14.8 Å². The summed E-state index contributed by atoms with van der Waals surface area (Å²) in [6, 6.07) is -0.960. The zero-order chi connectivity index (χ0) is 45.8. The normalized spacial score (nSPS) is 35.2. The smallest absolute Gasteiger partial charge is 0.410 e. The Hall–Kier alpha value is -4.03. The highest BCUT2D eigenvalue weighted by Gasteiger charge is 2.60. The van der Waals surface area contributed by atoms with Crippen LogP contribution in [0.5, 0.6) is 0 Å². The number of hydrogen-bond acceptors (Lipinski definition) is 15. The highest BCUT2D eigenvalue weighted by Crippen LogP contribution is 2.43. The number of unbranched alkanes of at least 4 members (excludes halogenated alkanes) is 2. The van der Waals surface area contributed by atoms with Crippen molar-refractivity contribution in [1.82, 2.24) is 29.5 Å². The Morgan fingerprint density at radius 3 is 2.26 bits per heavy atom. The number of methoxy groups -OCH3 is 1. The molecule has 0 bridgehead atoms. The lowest BCUT2D eigenvalue weighted by Gasteiger charge is -2.48. The van der Waals surface area contributed by atoms with Crippen LogP contribution < -0.4 is 5.73 Å². The molecule has 62 heavy (non-hydrogen) atoms. The lowest BCUT2D eigenvalue weighted by molar-refractivity contribution is -0.296. The molecular formula is C45H71N7O10. The summed E-state index contributed by atoms with van der Waals surface area (Å²) in [4.78, 5) is 68.9. The van der Waals surface area contributed by atoms with Gasteiger partial charge in [-0.1, -0.05) is 27.7 Å². The van der Waals surface area contributed by atoms with Crippen molar-refractivity contribution >= 4 is 29.6 Å². The minimum Gasteiger partial charge on any atom is -0.458 e. The second-order valence-corrected chi connectivity index (χ2v) is 18.6. The number of ketones is 2. The van der Waals surface area contributed by atoms with E-state index in [1.165, 1.54) is 14.0 Å². The number of carbonyl (C=O) groups excluding carboxylic acids is 4. The predicted octanol–water partition coefficient (Wildman–Crippen LogP) is 5.08. The van der Waals surface area contributed by atoms with Crippen molar-refractivity contribution in [3.63, 3.8) is 0 Å². The fourth-order valence-corrected chi connectivity index (χ4v) is 9.84. The molecule has 5 heterocycles. The predicted molar refractivity (Wildman–Crippen MR) is 230 cm³/mol. The largest absolute Gasteiger partial charge is 0.458 e. The first-order valence-corrected chi connectivity index (χ1v) is 22.3. The van der Waals surface area contributed by atoms with Gasteiger partial charge in [-0.05, 0) is 87.1 Å². The summed E-state index contributed by atoms with van der Waals surface area (Å²) >= 11 is 0. The molecule has 3 aliphatic rings. The number of aliphatic hydroxyl groups is 1. The third-order valence-electron chi connectivity index (χ3n) is 13.8. The fraction of sp³-hybridized carbons (Fsp3) is 0.756. The maximum atomic E-state index is 14.8. The number of nitrogens with zero attached hydrogens (tertiary/aromatic N) is 6. The summed E-state index contributed by atoms with van der Waals surface area (Å²) in [5, 5.41) is 16.2. The van der Waals surface area contributed by atoms with Crippen molar-refractivity contribution < 1.29 is 48.0 Å². The van der Waals surface area contributed by atoms with Crippen molar-refractivity contribution in [2.24, 2.45) is 23.7 Å². The van der Waals surface area contributed by atoms with Crippen molar-refractivity contribution in [3.8, 4) is 11.1 Å². The number of anilines is 1. The molecule has 3 N–H and O–H groups in total. The van der Waals surface area contributed by atoms with Gasteiger partial charge in [-0.15, -0.1) is 0 Å². The van der Waals surface area contributed by atoms with Gasteiger partial charge in [0.15, 0.2) is 17.7 Å². The number of Topliss-reactive ketones (excluding diaryl/α,β-unsaturated/α-hetero) is 2. The van der Waals surface area contributed by atoms with E-state index < -0.39 is 83.4 Å². The number of aliphatic hydroxyl groups excluding tert-OH is 1. The van der Waals surface area contributed by atoms with Gasteiger partial charge in [0.25, 0.3) is 0 Å². The zero-order valence-corrected chi connectivity index (χ0v) is 38.8. The van der Waals surface area contributed by atoms with Crippen LogP contribution in [0.4, 0.5) is 10.7 Å². The maximum Gasteiger partial charge on any atom is 0.410 e. The van der Waals surface area contributed by atoms with E-state index >= 15 is 0 Å². The molecule has 0 spiro atoms. The lowest BCUT2D eigenvalue weighted by Crippen LogP contribution is -2.61. The molecule has 3 fully saturated rings. The number of amides is 1.